The Labute approximate surface area is 161 Å². The number of amides is 1. The second-order valence-electron chi connectivity index (χ2n) is 6.24. The maximum Gasteiger partial charge on any atom is 0.340 e. The Morgan fingerprint density at radius 1 is 1.14 bits per heavy atom. The van der Waals surface area contributed by atoms with Gasteiger partial charge >= 0.3 is 5.97 Å². The molecule has 0 aliphatic carbocycles. The highest BCUT2D eigenvalue weighted by atomic mass is 16.6. The van der Waals surface area contributed by atoms with Gasteiger partial charge in [0.25, 0.3) is 11.6 Å². The zero-order valence-corrected chi connectivity index (χ0v) is 15.4. The normalized spacial score (nSPS) is 15.3. The number of non-ortho nitro benzene ring substituents is 1. The Morgan fingerprint density at radius 3 is 2.36 bits per heavy atom. The molecule has 2 aromatic carbocycles. The first-order chi connectivity index (χ1) is 13.4. The van der Waals surface area contributed by atoms with Gasteiger partial charge in [-0.25, -0.2) is 4.79 Å². The van der Waals surface area contributed by atoms with Crippen LogP contribution in [0.25, 0.3) is 6.08 Å². The van der Waals surface area contributed by atoms with Crippen LogP contribution in [0.15, 0.2) is 71.4 Å². The van der Waals surface area contributed by atoms with E-state index in [0.29, 0.717) is 17.8 Å². The maximum atomic E-state index is 13.0. The van der Waals surface area contributed by atoms with E-state index in [1.54, 1.807) is 13.0 Å². The average molecular weight is 378 g/mol. The molecule has 28 heavy (non-hydrogen) atoms. The number of methoxy groups -OCH3 is 1. The molecular weight excluding hydrogens is 360 g/mol. The summed E-state index contributed by atoms with van der Waals surface area (Å²) in [6, 6.07) is 15.2. The Balaban J connectivity index is 2.00. The molecular formula is C21H18N2O5. The summed E-state index contributed by atoms with van der Waals surface area (Å²) in [7, 11) is 1.26. The highest BCUT2D eigenvalue weighted by Gasteiger charge is 2.36. The summed E-state index contributed by atoms with van der Waals surface area (Å²) >= 11 is 0. The number of nitro groups is 1. The van der Waals surface area contributed by atoms with Gasteiger partial charge in [-0.2, -0.15) is 0 Å². The predicted octanol–water partition coefficient (Wildman–Crippen LogP) is 3.47. The fourth-order valence-corrected chi connectivity index (χ4v) is 3.04. The number of rotatable bonds is 5. The predicted molar refractivity (Wildman–Crippen MR) is 103 cm³/mol. The van der Waals surface area contributed by atoms with Gasteiger partial charge in [-0.1, -0.05) is 30.3 Å². The largest absolute Gasteiger partial charge is 0.465 e. The van der Waals surface area contributed by atoms with E-state index >= 15 is 0 Å². The first-order valence-corrected chi connectivity index (χ1v) is 8.54. The zero-order chi connectivity index (χ0) is 20.3. The van der Waals surface area contributed by atoms with Crippen LogP contribution in [-0.2, 0) is 20.9 Å². The summed E-state index contributed by atoms with van der Waals surface area (Å²) < 4.78 is 4.86. The molecule has 0 atom stereocenters. The number of ether oxygens (including phenoxy) is 1. The smallest absolute Gasteiger partial charge is 0.340 e. The monoisotopic (exact) mass is 378 g/mol. The molecule has 0 bridgehead atoms. The van der Waals surface area contributed by atoms with Crippen molar-refractivity contribution in [2.24, 2.45) is 0 Å². The number of hydrogen-bond donors (Lipinski definition) is 0. The van der Waals surface area contributed by atoms with E-state index in [1.807, 2.05) is 30.3 Å². The molecule has 0 saturated carbocycles. The summed E-state index contributed by atoms with van der Waals surface area (Å²) in [5.41, 5.74) is 2.36. The van der Waals surface area contributed by atoms with Gasteiger partial charge in [-0.3, -0.25) is 14.9 Å². The van der Waals surface area contributed by atoms with E-state index in [0.717, 1.165) is 5.56 Å². The van der Waals surface area contributed by atoms with Crippen molar-refractivity contribution < 1.29 is 19.2 Å². The van der Waals surface area contributed by atoms with Gasteiger partial charge in [0, 0.05) is 17.8 Å². The lowest BCUT2D eigenvalue weighted by molar-refractivity contribution is -0.384. The molecule has 0 spiro atoms. The fourth-order valence-electron chi connectivity index (χ4n) is 3.04. The van der Waals surface area contributed by atoms with Crippen LogP contribution in [0, 0.1) is 10.1 Å². The number of nitrogens with zero attached hydrogens (tertiary/aromatic N) is 2. The van der Waals surface area contributed by atoms with Gasteiger partial charge in [-0.05, 0) is 36.3 Å². The van der Waals surface area contributed by atoms with Crippen LogP contribution in [0.5, 0.6) is 0 Å². The van der Waals surface area contributed by atoms with Crippen molar-refractivity contribution in [3.05, 3.63) is 92.7 Å². The van der Waals surface area contributed by atoms with E-state index in [-0.39, 0.29) is 22.7 Å². The van der Waals surface area contributed by atoms with Crippen LogP contribution in [0.1, 0.15) is 18.1 Å². The van der Waals surface area contributed by atoms with E-state index in [2.05, 4.69) is 0 Å². The molecule has 0 aromatic heterocycles. The molecule has 7 nitrogen and oxygen atoms in total. The lowest BCUT2D eigenvalue weighted by Gasteiger charge is -2.17. The van der Waals surface area contributed by atoms with E-state index in [1.165, 1.54) is 36.3 Å². The Kier molecular flexibility index (Phi) is 5.35. The summed E-state index contributed by atoms with van der Waals surface area (Å²) in [4.78, 5) is 37.2. The summed E-state index contributed by atoms with van der Waals surface area (Å²) in [5.74, 6) is -0.922. The highest BCUT2D eigenvalue weighted by Crippen LogP contribution is 2.33. The van der Waals surface area contributed by atoms with Crippen molar-refractivity contribution in [3.8, 4) is 0 Å². The Morgan fingerprint density at radius 2 is 1.79 bits per heavy atom. The van der Waals surface area contributed by atoms with Gasteiger partial charge in [0.05, 0.1) is 29.7 Å². The molecule has 1 heterocycles. The quantitative estimate of drug-likeness (QED) is 0.344. The third kappa shape index (κ3) is 3.68. The van der Waals surface area contributed by atoms with Gasteiger partial charge < -0.3 is 9.64 Å². The molecule has 1 aliphatic heterocycles. The second kappa shape index (κ2) is 7.87. The molecule has 0 radical (unpaired) electrons. The van der Waals surface area contributed by atoms with Crippen LogP contribution in [0.2, 0.25) is 0 Å². The van der Waals surface area contributed by atoms with Gasteiger partial charge in [0.1, 0.15) is 0 Å². The summed E-state index contributed by atoms with van der Waals surface area (Å²) in [6.45, 7) is 2.02. The number of nitro benzene ring substituents is 1. The second-order valence-corrected chi connectivity index (χ2v) is 6.24. The Bertz CT molecular complexity index is 991. The van der Waals surface area contributed by atoms with Crippen molar-refractivity contribution in [1.82, 2.24) is 4.90 Å². The number of hydrogen-bond acceptors (Lipinski definition) is 5. The molecule has 1 aliphatic rings. The van der Waals surface area contributed by atoms with Crippen molar-refractivity contribution in [2.75, 3.05) is 7.11 Å². The fraction of sp³-hybridized carbons (Fsp3) is 0.143. The first kappa shape index (κ1) is 19.0. The summed E-state index contributed by atoms with van der Waals surface area (Å²) in [5, 5.41) is 10.8. The van der Waals surface area contributed by atoms with Crippen molar-refractivity contribution >= 4 is 23.6 Å². The third-order valence-corrected chi connectivity index (χ3v) is 4.50. The average Bonchev–Trinajstić information content (AvgIpc) is 2.93. The maximum absolute atomic E-state index is 13.0. The van der Waals surface area contributed by atoms with Crippen molar-refractivity contribution in [3.63, 3.8) is 0 Å². The first-order valence-electron chi connectivity index (χ1n) is 8.54. The Hall–Kier alpha value is -3.74. The number of carbonyl (C=O) groups is 2. The van der Waals surface area contributed by atoms with E-state index in [9.17, 15) is 19.7 Å². The minimum Gasteiger partial charge on any atom is -0.465 e. The van der Waals surface area contributed by atoms with E-state index < -0.39 is 10.9 Å². The molecule has 142 valence electrons. The van der Waals surface area contributed by atoms with Gasteiger partial charge in [-0.15, -0.1) is 0 Å². The topological polar surface area (TPSA) is 89.8 Å². The van der Waals surface area contributed by atoms with Crippen LogP contribution >= 0.6 is 0 Å². The van der Waals surface area contributed by atoms with Crippen LogP contribution in [0.3, 0.4) is 0 Å². The zero-order valence-electron chi connectivity index (χ0n) is 15.4. The number of allylic oxidation sites excluding steroid dienone is 1. The number of esters is 1. The minimum atomic E-state index is -0.602. The molecule has 1 amide bonds. The highest BCUT2D eigenvalue weighted by molar-refractivity contribution is 6.16. The number of carbonyl (C=O) groups excluding carboxylic acids is 2. The molecule has 0 N–H and O–H groups in total. The molecule has 0 saturated heterocycles. The van der Waals surface area contributed by atoms with E-state index in [4.69, 9.17) is 4.74 Å². The molecule has 7 heteroatoms. The van der Waals surface area contributed by atoms with Crippen LogP contribution in [0.4, 0.5) is 5.69 Å². The molecule has 0 unspecified atom stereocenters. The summed E-state index contributed by atoms with van der Waals surface area (Å²) in [6.07, 6.45) is 1.55. The minimum absolute atomic E-state index is 0.0504. The standard InChI is InChI=1S/C21H18N2O5/c1-14-19(21(25)28-2)18(12-15-8-10-17(11-9-15)23(26)27)20(24)22(14)13-16-6-4-3-5-7-16/h3-12H,13H2,1-2H3/b18-12-. The SMILES string of the molecule is COC(=O)C1=C(C)N(Cc2ccccc2)C(=O)/C1=C\c1ccc([N+](=O)[O-])cc1. The van der Waals surface area contributed by atoms with Crippen molar-refractivity contribution in [2.45, 2.75) is 13.5 Å². The molecule has 2 aromatic rings. The molecule has 0 fully saturated rings. The molecule has 3 rings (SSSR count). The van der Waals surface area contributed by atoms with Gasteiger partial charge in [0.2, 0.25) is 0 Å². The third-order valence-electron chi connectivity index (χ3n) is 4.50. The number of benzene rings is 2. The van der Waals surface area contributed by atoms with Crippen molar-refractivity contribution in [1.29, 1.82) is 0 Å². The van der Waals surface area contributed by atoms with Crippen LogP contribution < -0.4 is 0 Å². The lowest BCUT2D eigenvalue weighted by atomic mass is 10.0. The van der Waals surface area contributed by atoms with Gasteiger partial charge in [0.15, 0.2) is 0 Å². The van der Waals surface area contributed by atoms with Crippen LogP contribution in [-0.4, -0.2) is 28.8 Å². The lowest BCUT2D eigenvalue weighted by Crippen LogP contribution is -2.24.